The molecule has 0 N–H and O–H groups in total. The molecule has 3 aromatic carbocycles. The van der Waals surface area contributed by atoms with Gasteiger partial charge in [-0.2, -0.15) is 0 Å². The van der Waals surface area contributed by atoms with Crippen LogP contribution < -0.4 is 9.47 Å². The third-order valence-corrected chi connectivity index (χ3v) is 6.92. The number of ether oxygens (including phenoxy) is 2. The van der Waals surface area contributed by atoms with Crippen LogP contribution in [0.2, 0.25) is 5.02 Å². The zero-order valence-corrected chi connectivity index (χ0v) is 21.4. The Morgan fingerprint density at radius 2 is 1.67 bits per heavy atom. The number of hydrogen-bond donors (Lipinski definition) is 0. The minimum atomic E-state index is -0.470. The van der Waals surface area contributed by atoms with E-state index in [9.17, 15) is 10.1 Å². The normalized spacial score (nSPS) is 11.8. The molecule has 0 aliphatic heterocycles. The average molecular weight is 525 g/mol. The zero-order valence-electron chi connectivity index (χ0n) is 19.8. The largest absolute Gasteiger partial charge is 0.494 e. The molecule has 186 valence electrons. The van der Waals surface area contributed by atoms with Crippen LogP contribution in [0.3, 0.4) is 0 Å². The molecule has 36 heavy (non-hydrogen) atoms. The van der Waals surface area contributed by atoms with Crippen LogP contribution in [-0.4, -0.2) is 32.8 Å². The number of aryl methyl sites for hydroxylation is 1. The molecule has 0 saturated heterocycles. The predicted molar refractivity (Wildman–Crippen MR) is 140 cm³/mol. The lowest BCUT2D eigenvalue weighted by Gasteiger charge is -2.15. The molecule has 0 fully saturated rings. The monoisotopic (exact) mass is 524 g/mol. The maximum Gasteiger partial charge on any atom is 0.220 e. The van der Waals surface area contributed by atoms with E-state index in [0.717, 1.165) is 22.6 Å². The van der Waals surface area contributed by atoms with Crippen molar-refractivity contribution in [3.8, 4) is 17.2 Å². The molecule has 0 bridgehead atoms. The topological polar surface area (TPSA) is 92.3 Å². The summed E-state index contributed by atoms with van der Waals surface area (Å²) in [7, 11) is 0. The van der Waals surface area contributed by atoms with E-state index < -0.39 is 5.25 Å². The second-order valence-corrected chi connectivity index (χ2v) is 9.44. The van der Waals surface area contributed by atoms with E-state index in [1.165, 1.54) is 11.8 Å². The van der Waals surface area contributed by atoms with Crippen LogP contribution in [0.1, 0.15) is 29.1 Å². The van der Waals surface area contributed by atoms with Crippen molar-refractivity contribution in [2.24, 2.45) is 0 Å². The number of benzene rings is 3. The summed E-state index contributed by atoms with van der Waals surface area (Å²) < 4.78 is 13.3. The third-order valence-electron chi connectivity index (χ3n) is 5.37. The van der Waals surface area contributed by atoms with Crippen LogP contribution in [0.15, 0.2) is 78.0 Å². The maximum absolute atomic E-state index is 11.5. The quantitative estimate of drug-likeness (QED) is 0.129. The first-order valence-corrected chi connectivity index (χ1v) is 12.6. The summed E-state index contributed by atoms with van der Waals surface area (Å²) in [4.78, 5) is 11.2. The summed E-state index contributed by atoms with van der Waals surface area (Å²) in [5.74, 6) is 2.10. The van der Waals surface area contributed by atoms with Crippen molar-refractivity contribution in [1.29, 1.82) is 0 Å². The molecule has 1 atom stereocenters. The van der Waals surface area contributed by atoms with Gasteiger partial charge in [-0.1, -0.05) is 53.7 Å². The van der Waals surface area contributed by atoms with E-state index >= 15 is 0 Å². The second kappa shape index (κ2) is 11.9. The Balaban J connectivity index is 1.52. The van der Waals surface area contributed by atoms with Gasteiger partial charge in [0.15, 0.2) is 5.16 Å². The van der Waals surface area contributed by atoms with E-state index in [0.29, 0.717) is 35.0 Å². The Labute approximate surface area is 218 Å². The minimum absolute atomic E-state index is 0.264. The lowest BCUT2D eigenvalue weighted by molar-refractivity contribution is -0.479. The van der Waals surface area contributed by atoms with Gasteiger partial charge in [0.2, 0.25) is 6.54 Å². The van der Waals surface area contributed by atoms with Gasteiger partial charge in [0.05, 0.1) is 6.61 Å². The van der Waals surface area contributed by atoms with Gasteiger partial charge in [-0.05, 0) is 61.9 Å². The van der Waals surface area contributed by atoms with E-state index in [2.05, 4.69) is 10.2 Å². The fraction of sp³-hybridized carbons (Fsp3) is 0.231. The molecule has 0 aliphatic rings. The fourth-order valence-electron chi connectivity index (χ4n) is 3.60. The molecule has 0 amide bonds. The van der Waals surface area contributed by atoms with Gasteiger partial charge in [-0.3, -0.25) is 14.7 Å². The molecule has 10 heteroatoms. The third kappa shape index (κ3) is 6.35. The molecule has 1 aromatic heterocycles. The minimum Gasteiger partial charge on any atom is -0.494 e. The summed E-state index contributed by atoms with van der Waals surface area (Å²) in [6, 6.07) is 22.4. The SMILES string of the molecule is CCOc1ccc(-n2c(C)nnc2S[C@H](C[N+](=O)[O-])c2ccc(OCc3ccccc3Cl)cc2)cc1. The summed E-state index contributed by atoms with van der Waals surface area (Å²) in [5.41, 5.74) is 2.53. The molecule has 0 spiro atoms. The van der Waals surface area contributed by atoms with Crippen molar-refractivity contribution < 1.29 is 14.4 Å². The molecule has 0 aliphatic carbocycles. The number of halogens is 1. The lowest BCUT2D eigenvalue weighted by Crippen LogP contribution is -2.11. The van der Waals surface area contributed by atoms with Crippen LogP contribution in [0.4, 0.5) is 0 Å². The molecule has 0 unspecified atom stereocenters. The molecule has 4 aromatic rings. The summed E-state index contributed by atoms with van der Waals surface area (Å²) in [6.45, 7) is 4.43. The average Bonchev–Trinajstić information content (AvgIpc) is 3.23. The summed E-state index contributed by atoms with van der Waals surface area (Å²) in [5, 5.41) is 20.7. The van der Waals surface area contributed by atoms with E-state index in [1.807, 2.05) is 91.2 Å². The highest BCUT2D eigenvalue weighted by atomic mass is 35.5. The van der Waals surface area contributed by atoms with Gasteiger partial charge in [-0.25, -0.2) is 0 Å². The van der Waals surface area contributed by atoms with E-state index in [4.69, 9.17) is 21.1 Å². The van der Waals surface area contributed by atoms with Crippen molar-refractivity contribution >= 4 is 23.4 Å². The molecule has 0 radical (unpaired) electrons. The van der Waals surface area contributed by atoms with Crippen molar-refractivity contribution in [2.75, 3.05) is 13.2 Å². The number of thioether (sulfide) groups is 1. The standard InChI is InChI=1S/C26H25ClN4O4S/c1-3-34-22-14-10-21(11-15-22)31-18(2)28-29-26(31)36-25(16-30(32)33)19-8-12-23(13-9-19)35-17-20-6-4-5-7-24(20)27/h4-15,25H,3,16-17H2,1-2H3/t25-/m1/s1. The smallest absolute Gasteiger partial charge is 0.220 e. The van der Waals surface area contributed by atoms with Gasteiger partial charge in [0.1, 0.15) is 29.2 Å². The van der Waals surface area contributed by atoms with Crippen LogP contribution in [-0.2, 0) is 6.61 Å². The number of rotatable bonds is 11. The number of aromatic nitrogens is 3. The first kappa shape index (κ1) is 25.5. The van der Waals surface area contributed by atoms with Crippen LogP contribution >= 0.6 is 23.4 Å². The molecule has 4 rings (SSSR count). The van der Waals surface area contributed by atoms with Crippen molar-refractivity contribution in [3.63, 3.8) is 0 Å². The number of nitro groups is 1. The van der Waals surface area contributed by atoms with Gasteiger partial charge in [0, 0.05) is 21.2 Å². The van der Waals surface area contributed by atoms with Crippen molar-refractivity contribution in [3.05, 3.63) is 105 Å². The Hall–Kier alpha value is -3.56. The zero-order chi connectivity index (χ0) is 25.5. The van der Waals surface area contributed by atoms with E-state index in [-0.39, 0.29) is 11.5 Å². The fourth-order valence-corrected chi connectivity index (χ4v) is 4.97. The van der Waals surface area contributed by atoms with Gasteiger partial charge in [-0.15, -0.1) is 10.2 Å². The predicted octanol–water partition coefficient (Wildman–Crippen LogP) is 6.32. The number of nitrogens with zero attached hydrogens (tertiary/aromatic N) is 4. The number of hydrogen-bond acceptors (Lipinski definition) is 7. The summed E-state index contributed by atoms with van der Waals surface area (Å²) >= 11 is 7.50. The molecule has 0 saturated carbocycles. The Morgan fingerprint density at radius 3 is 2.33 bits per heavy atom. The highest BCUT2D eigenvalue weighted by Crippen LogP contribution is 2.37. The lowest BCUT2D eigenvalue weighted by atomic mass is 10.1. The Kier molecular flexibility index (Phi) is 8.45. The highest BCUT2D eigenvalue weighted by molar-refractivity contribution is 7.99. The van der Waals surface area contributed by atoms with Gasteiger partial charge < -0.3 is 9.47 Å². The first-order chi connectivity index (χ1) is 17.4. The maximum atomic E-state index is 11.5. The van der Waals surface area contributed by atoms with Crippen molar-refractivity contribution in [2.45, 2.75) is 30.9 Å². The van der Waals surface area contributed by atoms with Gasteiger partial charge >= 0.3 is 0 Å². The van der Waals surface area contributed by atoms with Crippen LogP contribution in [0.5, 0.6) is 11.5 Å². The van der Waals surface area contributed by atoms with Gasteiger partial charge in [0.25, 0.3) is 0 Å². The van der Waals surface area contributed by atoms with E-state index in [1.54, 1.807) is 0 Å². The molecular formula is C26H25ClN4O4S. The molecule has 8 nitrogen and oxygen atoms in total. The molecule has 1 heterocycles. The molecular weight excluding hydrogens is 500 g/mol. The summed E-state index contributed by atoms with van der Waals surface area (Å²) in [6.07, 6.45) is 0. The van der Waals surface area contributed by atoms with Crippen LogP contribution in [0, 0.1) is 17.0 Å². The van der Waals surface area contributed by atoms with Crippen molar-refractivity contribution in [1.82, 2.24) is 14.8 Å². The van der Waals surface area contributed by atoms with Crippen LogP contribution in [0.25, 0.3) is 5.69 Å². The first-order valence-electron chi connectivity index (χ1n) is 11.3. The Bertz CT molecular complexity index is 1310. The Morgan fingerprint density at radius 1 is 1.00 bits per heavy atom. The highest BCUT2D eigenvalue weighted by Gasteiger charge is 2.24. The second-order valence-electron chi connectivity index (χ2n) is 7.86.